The van der Waals surface area contributed by atoms with Crippen molar-refractivity contribution in [2.75, 3.05) is 0 Å². The molecule has 2 aromatic rings. The van der Waals surface area contributed by atoms with Crippen molar-refractivity contribution in [2.24, 2.45) is 0 Å². The summed E-state index contributed by atoms with van der Waals surface area (Å²) in [6.45, 7) is 8.10. The Balaban J connectivity index is 2.65. The van der Waals surface area contributed by atoms with Crippen LogP contribution in [0.3, 0.4) is 0 Å². The van der Waals surface area contributed by atoms with Gasteiger partial charge >= 0.3 is 0 Å². The fourth-order valence-corrected chi connectivity index (χ4v) is 2.53. The summed E-state index contributed by atoms with van der Waals surface area (Å²) in [6, 6.07) is 10.4. The summed E-state index contributed by atoms with van der Waals surface area (Å²) < 4.78 is 0. The molecule has 0 aromatic heterocycles. The van der Waals surface area contributed by atoms with Gasteiger partial charge in [-0.05, 0) is 46.2 Å². The molecule has 0 bridgehead atoms. The van der Waals surface area contributed by atoms with Crippen molar-refractivity contribution in [1.82, 2.24) is 0 Å². The summed E-state index contributed by atoms with van der Waals surface area (Å²) in [5.74, 6) is 0.687. The SMILES string of the molecule is CC(C)c1cc(-c2cccc([N+](=O)[O-])c2)cc(C(C)C)c1O. The molecule has 0 saturated heterocycles. The second-order valence-electron chi connectivity index (χ2n) is 6.12. The number of non-ortho nitro benzene ring substituents is 1. The Morgan fingerprint density at radius 1 is 0.955 bits per heavy atom. The fraction of sp³-hybridized carbons (Fsp3) is 0.333. The molecule has 0 heterocycles. The van der Waals surface area contributed by atoms with Crippen molar-refractivity contribution in [2.45, 2.75) is 39.5 Å². The third-order valence-electron chi connectivity index (χ3n) is 3.80. The van der Waals surface area contributed by atoms with Gasteiger partial charge in [-0.2, -0.15) is 0 Å². The zero-order valence-corrected chi connectivity index (χ0v) is 13.3. The highest BCUT2D eigenvalue weighted by Gasteiger charge is 2.16. The van der Waals surface area contributed by atoms with Gasteiger partial charge < -0.3 is 5.11 Å². The maximum atomic E-state index is 11.0. The number of nitro benzene ring substituents is 1. The summed E-state index contributed by atoms with van der Waals surface area (Å²) in [5, 5.41) is 21.4. The first-order valence-corrected chi connectivity index (χ1v) is 7.43. The molecule has 1 N–H and O–H groups in total. The lowest BCUT2D eigenvalue weighted by atomic mass is 9.89. The molecule has 0 aliphatic carbocycles. The minimum absolute atomic E-state index is 0.0720. The summed E-state index contributed by atoms with van der Waals surface area (Å²) in [4.78, 5) is 10.6. The summed E-state index contributed by atoms with van der Waals surface area (Å²) in [5.41, 5.74) is 3.50. The fourth-order valence-electron chi connectivity index (χ4n) is 2.53. The first-order chi connectivity index (χ1) is 10.3. The molecule has 22 heavy (non-hydrogen) atoms. The molecule has 0 aliphatic heterocycles. The van der Waals surface area contributed by atoms with E-state index in [1.807, 2.05) is 45.9 Å². The third kappa shape index (κ3) is 3.11. The van der Waals surface area contributed by atoms with E-state index >= 15 is 0 Å². The van der Waals surface area contributed by atoms with Gasteiger partial charge in [0, 0.05) is 12.1 Å². The van der Waals surface area contributed by atoms with Crippen LogP contribution >= 0.6 is 0 Å². The smallest absolute Gasteiger partial charge is 0.270 e. The minimum atomic E-state index is -0.392. The molecule has 4 heteroatoms. The zero-order valence-electron chi connectivity index (χ0n) is 13.3. The van der Waals surface area contributed by atoms with Gasteiger partial charge in [-0.15, -0.1) is 0 Å². The van der Waals surface area contributed by atoms with Crippen molar-refractivity contribution in [3.8, 4) is 16.9 Å². The Labute approximate surface area is 130 Å². The van der Waals surface area contributed by atoms with E-state index in [2.05, 4.69) is 0 Å². The van der Waals surface area contributed by atoms with Crippen molar-refractivity contribution in [1.29, 1.82) is 0 Å². The van der Waals surface area contributed by atoms with E-state index in [0.29, 0.717) is 5.75 Å². The van der Waals surface area contributed by atoms with Gasteiger partial charge in [0.2, 0.25) is 0 Å². The molecule has 116 valence electrons. The number of hydrogen-bond donors (Lipinski definition) is 1. The summed E-state index contributed by atoms with van der Waals surface area (Å²) in [6.07, 6.45) is 0. The molecular weight excluding hydrogens is 278 g/mol. The van der Waals surface area contributed by atoms with Crippen molar-refractivity contribution in [3.05, 3.63) is 57.6 Å². The minimum Gasteiger partial charge on any atom is -0.507 e. The summed E-state index contributed by atoms with van der Waals surface area (Å²) >= 11 is 0. The molecule has 0 unspecified atom stereocenters. The standard InChI is InChI=1S/C18H21NO3/c1-11(2)16-9-14(10-17(12(3)4)18(16)20)13-6-5-7-15(8-13)19(21)22/h5-12,20H,1-4H3. The summed E-state index contributed by atoms with van der Waals surface area (Å²) in [7, 11) is 0. The zero-order chi connectivity index (χ0) is 16.4. The molecule has 0 spiro atoms. The van der Waals surface area contributed by atoms with Gasteiger partial charge in [-0.1, -0.05) is 39.8 Å². The van der Waals surface area contributed by atoms with Crippen LogP contribution in [0.15, 0.2) is 36.4 Å². The lowest BCUT2D eigenvalue weighted by Gasteiger charge is -2.17. The number of benzene rings is 2. The number of phenolic OH excluding ortho intramolecular Hbond substituents is 1. The lowest BCUT2D eigenvalue weighted by Crippen LogP contribution is -1.97. The van der Waals surface area contributed by atoms with Crippen molar-refractivity contribution < 1.29 is 10.0 Å². The second kappa shape index (κ2) is 6.18. The van der Waals surface area contributed by atoms with Crippen LogP contribution in [0.25, 0.3) is 11.1 Å². The van der Waals surface area contributed by atoms with E-state index in [0.717, 1.165) is 22.3 Å². The van der Waals surface area contributed by atoms with Crippen LogP contribution in [-0.4, -0.2) is 10.0 Å². The maximum Gasteiger partial charge on any atom is 0.270 e. The van der Waals surface area contributed by atoms with Crippen molar-refractivity contribution >= 4 is 5.69 Å². The Morgan fingerprint density at radius 3 is 1.95 bits per heavy atom. The number of phenols is 1. The lowest BCUT2D eigenvalue weighted by molar-refractivity contribution is -0.384. The monoisotopic (exact) mass is 299 g/mol. The predicted molar refractivity (Wildman–Crippen MR) is 88.4 cm³/mol. The Morgan fingerprint density at radius 2 is 1.50 bits per heavy atom. The van der Waals surface area contributed by atoms with Crippen LogP contribution in [0.2, 0.25) is 0 Å². The van der Waals surface area contributed by atoms with E-state index in [4.69, 9.17) is 0 Å². The van der Waals surface area contributed by atoms with E-state index in [1.54, 1.807) is 12.1 Å². The molecule has 0 saturated carbocycles. The van der Waals surface area contributed by atoms with Gasteiger partial charge in [0.05, 0.1) is 4.92 Å². The van der Waals surface area contributed by atoms with Gasteiger partial charge in [-0.3, -0.25) is 10.1 Å². The largest absolute Gasteiger partial charge is 0.507 e. The molecule has 2 rings (SSSR count). The molecule has 2 aromatic carbocycles. The van der Waals surface area contributed by atoms with Crippen LogP contribution < -0.4 is 0 Å². The first kappa shape index (κ1) is 16.0. The average Bonchev–Trinajstić information content (AvgIpc) is 2.46. The molecule has 0 amide bonds. The molecule has 4 nitrogen and oxygen atoms in total. The predicted octanol–water partition coefficient (Wildman–Crippen LogP) is 5.21. The normalized spacial score (nSPS) is 11.2. The van der Waals surface area contributed by atoms with Crippen molar-refractivity contribution in [3.63, 3.8) is 0 Å². The second-order valence-corrected chi connectivity index (χ2v) is 6.12. The quantitative estimate of drug-likeness (QED) is 0.622. The molecule has 0 fully saturated rings. The first-order valence-electron chi connectivity index (χ1n) is 7.43. The average molecular weight is 299 g/mol. The van der Waals surface area contributed by atoms with E-state index in [-0.39, 0.29) is 17.5 Å². The van der Waals surface area contributed by atoms with Crippen LogP contribution in [0.4, 0.5) is 5.69 Å². The van der Waals surface area contributed by atoms with Gasteiger partial charge in [0.15, 0.2) is 0 Å². The number of nitrogens with zero attached hydrogens (tertiary/aromatic N) is 1. The van der Waals surface area contributed by atoms with Crippen LogP contribution in [0.5, 0.6) is 5.75 Å². The Hall–Kier alpha value is -2.36. The molecular formula is C18H21NO3. The molecule has 0 aliphatic rings. The third-order valence-corrected chi connectivity index (χ3v) is 3.80. The Kier molecular flexibility index (Phi) is 4.50. The van der Waals surface area contributed by atoms with E-state index in [1.165, 1.54) is 6.07 Å². The molecule has 0 atom stereocenters. The van der Waals surface area contributed by atoms with E-state index in [9.17, 15) is 15.2 Å². The van der Waals surface area contributed by atoms with Crippen LogP contribution in [0, 0.1) is 10.1 Å². The van der Waals surface area contributed by atoms with Crippen LogP contribution in [-0.2, 0) is 0 Å². The number of rotatable bonds is 4. The highest BCUT2D eigenvalue weighted by Crippen LogP contribution is 2.38. The Bertz CT molecular complexity index is 676. The number of aromatic hydroxyl groups is 1. The van der Waals surface area contributed by atoms with Gasteiger partial charge in [0.1, 0.15) is 5.75 Å². The highest BCUT2D eigenvalue weighted by molar-refractivity contribution is 5.70. The van der Waals surface area contributed by atoms with Gasteiger partial charge in [-0.25, -0.2) is 0 Å². The number of hydrogen-bond acceptors (Lipinski definition) is 3. The topological polar surface area (TPSA) is 63.4 Å². The van der Waals surface area contributed by atoms with E-state index < -0.39 is 4.92 Å². The van der Waals surface area contributed by atoms with Gasteiger partial charge in [0.25, 0.3) is 5.69 Å². The highest BCUT2D eigenvalue weighted by atomic mass is 16.6. The molecule has 0 radical (unpaired) electrons. The van der Waals surface area contributed by atoms with Crippen LogP contribution in [0.1, 0.15) is 50.7 Å². The maximum absolute atomic E-state index is 11.0. The number of nitro groups is 1.